The molecule has 2 aliphatic rings. The summed E-state index contributed by atoms with van der Waals surface area (Å²) in [6.07, 6.45) is 0.692. The van der Waals surface area contributed by atoms with Crippen molar-refractivity contribution < 1.29 is 9.59 Å². The Kier molecular flexibility index (Phi) is 2.36. The van der Waals surface area contributed by atoms with Crippen LogP contribution in [0.1, 0.15) is 24.8 Å². The monoisotopic (exact) mass is 293 g/mol. The maximum Gasteiger partial charge on any atom is 0.228 e. The molecule has 3 atom stereocenters. The Labute approximate surface area is 108 Å². The fourth-order valence-electron chi connectivity index (χ4n) is 2.92. The average Bonchev–Trinajstić information content (AvgIpc) is 2.18. The number of anilines is 1. The van der Waals surface area contributed by atoms with E-state index in [1.165, 1.54) is 0 Å². The number of hydrogen-bond acceptors (Lipinski definition) is 2. The van der Waals surface area contributed by atoms with Gasteiger partial charge in [0, 0.05) is 27.9 Å². The minimum absolute atomic E-state index is 0.0131. The number of Topliss-reactive ketones (excluding diaryl/α,β-unsaturated/α-hetero) is 1. The Balaban J connectivity index is 2.08. The molecule has 1 N–H and O–H groups in total. The Morgan fingerprint density at radius 3 is 2.94 bits per heavy atom. The van der Waals surface area contributed by atoms with Crippen molar-refractivity contribution in [2.24, 2.45) is 11.8 Å². The normalized spacial score (nSPS) is 29.8. The van der Waals surface area contributed by atoms with Crippen LogP contribution < -0.4 is 5.32 Å². The smallest absolute Gasteiger partial charge is 0.228 e. The minimum atomic E-state index is -0.0225. The van der Waals surface area contributed by atoms with E-state index in [1.807, 2.05) is 18.2 Å². The molecule has 3 unspecified atom stereocenters. The summed E-state index contributed by atoms with van der Waals surface area (Å²) in [5.74, 6) is 0.313. The highest BCUT2D eigenvalue weighted by Gasteiger charge is 2.51. The molecule has 0 bridgehead atoms. The minimum Gasteiger partial charge on any atom is -0.326 e. The first kappa shape index (κ1) is 11.0. The predicted octanol–water partition coefficient (Wildman–Crippen LogP) is 2.71. The van der Waals surface area contributed by atoms with Gasteiger partial charge in [0.15, 0.2) is 0 Å². The van der Waals surface area contributed by atoms with Gasteiger partial charge in [0.2, 0.25) is 5.91 Å². The number of halogens is 1. The SMILES string of the molecule is CC(=O)C1CC2C(=O)Nc3ccc(Br)cc3C12. The molecule has 1 amide bonds. The fourth-order valence-corrected chi connectivity index (χ4v) is 3.30. The van der Waals surface area contributed by atoms with Crippen LogP contribution in [0.25, 0.3) is 0 Å². The average molecular weight is 294 g/mol. The lowest BCUT2D eigenvalue weighted by Crippen LogP contribution is -2.48. The van der Waals surface area contributed by atoms with Gasteiger partial charge >= 0.3 is 0 Å². The topological polar surface area (TPSA) is 46.2 Å². The highest BCUT2D eigenvalue weighted by Crippen LogP contribution is 2.53. The van der Waals surface area contributed by atoms with E-state index < -0.39 is 0 Å². The first-order valence-electron chi connectivity index (χ1n) is 5.68. The van der Waals surface area contributed by atoms with E-state index in [1.54, 1.807) is 6.92 Å². The van der Waals surface area contributed by atoms with Crippen molar-refractivity contribution in [2.45, 2.75) is 19.3 Å². The van der Waals surface area contributed by atoms with Crippen molar-refractivity contribution in [3.63, 3.8) is 0 Å². The Hall–Kier alpha value is -1.16. The molecule has 1 saturated carbocycles. The van der Waals surface area contributed by atoms with Crippen LogP contribution >= 0.6 is 15.9 Å². The van der Waals surface area contributed by atoms with Crippen LogP contribution in [0.3, 0.4) is 0 Å². The first-order chi connectivity index (χ1) is 8.08. The van der Waals surface area contributed by atoms with Crippen LogP contribution in [0.4, 0.5) is 5.69 Å². The molecule has 0 aromatic heterocycles. The number of benzene rings is 1. The number of nitrogens with one attached hydrogen (secondary N) is 1. The van der Waals surface area contributed by atoms with Crippen LogP contribution in [-0.4, -0.2) is 11.7 Å². The van der Waals surface area contributed by atoms with E-state index >= 15 is 0 Å². The number of ketones is 1. The fraction of sp³-hybridized carbons (Fsp3) is 0.385. The summed E-state index contributed by atoms with van der Waals surface area (Å²) < 4.78 is 0.986. The van der Waals surface area contributed by atoms with Crippen molar-refractivity contribution in [3.8, 4) is 0 Å². The van der Waals surface area contributed by atoms with E-state index in [0.717, 1.165) is 15.7 Å². The number of fused-ring (bicyclic) bond motifs is 3. The standard InChI is InChI=1S/C13H12BrNO2/c1-6(16)8-5-10-12(8)9-4-7(14)2-3-11(9)15-13(10)17/h2-4,8,10,12H,5H2,1H3,(H,15,17). The lowest BCUT2D eigenvalue weighted by atomic mass is 9.58. The molecule has 0 spiro atoms. The molecule has 0 saturated heterocycles. The number of carbonyl (C=O) groups excluding carboxylic acids is 2. The molecule has 1 aliphatic carbocycles. The molecule has 1 aromatic rings. The largest absolute Gasteiger partial charge is 0.326 e. The molecule has 1 aliphatic heterocycles. The zero-order chi connectivity index (χ0) is 12.2. The van der Waals surface area contributed by atoms with Gasteiger partial charge in [-0.05, 0) is 37.1 Å². The van der Waals surface area contributed by atoms with Crippen LogP contribution in [0.2, 0.25) is 0 Å². The molecular weight excluding hydrogens is 282 g/mol. The number of rotatable bonds is 1. The second-order valence-electron chi connectivity index (χ2n) is 4.81. The van der Waals surface area contributed by atoms with Gasteiger partial charge in [-0.15, -0.1) is 0 Å². The van der Waals surface area contributed by atoms with E-state index in [4.69, 9.17) is 0 Å². The summed E-state index contributed by atoms with van der Waals surface area (Å²) in [7, 11) is 0. The van der Waals surface area contributed by atoms with E-state index in [0.29, 0.717) is 6.42 Å². The van der Waals surface area contributed by atoms with E-state index in [9.17, 15) is 9.59 Å². The summed E-state index contributed by atoms with van der Waals surface area (Å²) >= 11 is 3.44. The molecule has 3 rings (SSSR count). The van der Waals surface area contributed by atoms with Crippen molar-refractivity contribution in [1.82, 2.24) is 0 Å². The van der Waals surface area contributed by atoms with Crippen molar-refractivity contribution in [3.05, 3.63) is 28.2 Å². The molecule has 1 aromatic carbocycles. The number of carbonyl (C=O) groups is 2. The zero-order valence-electron chi connectivity index (χ0n) is 9.37. The van der Waals surface area contributed by atoms with Crippen molar-refractivity contribution >= 4 is 33.3 Å². The maximum atomic E-state index is 11.8. The Morgan fingerprint density at radius 2 is 2.24 bits per heavy atom. The number of hydrogen-bond donors (Lipinski definition) is 1. The molecule has 1 fully saturated rings. The zero-order valence-corrected chi connectivity index (χ0v) is 11.0. The number of amides is 1. The molecule has 0 radical (unpaired) electrons. The molecule has 1 heterocycles. The lowest BCUT2D eigenvalue weighted by molar-refractivity contribution is -0.133. The van der Waals surface area contributed by atoms with Crippen molar-refractivity contribution in [1.29, 1.82) is 0 Å². The van der Waals surface area contributed by atoms with Gasteiger partial charge in [0.1, 0.15) is 5.78 Å². The third-order valence-electron chi connectivity index (χ3n) is 3.86. The summed E-state index contributed by atoms with van der Waals surface area (Å²) in [5.41, 5.74) is 1.95. The van der Waals surface area contributed by atoms with Crippen molar-refractivity contribution in [2.75, 3.05) is 5.32 Å². The van der Waals surface area contributed by atoms with E-state index in [2.05, 4.69) is 21.2 Å². The summed E-state index contributed by atoms with van der Waals surface area (Å²) in [6, 6.07) is 5.81. The van der Waals surface area contributed by atoms with Crippen LogP contribution in [0.5, 0.6) is 0 Å². The second-order valence-corrected chi connectivity index (χ2v) is 5.72. The summed E-state index contributed by atoms with van der Waals surface area (Å²) in [6.45, 7) is 1.62. The predicted molar refractivity (Wildman–Crippen MR) is 67.8 cm³/mol. The van der Waals surface area contributed by atoms with Crippen LogP contribution in [0, 0.1) is 11.8 Å². The van der Waals surface area contributed by atoms with Gasteiger partial charge in [-0.25, -0.2) is 0 Å². The Morgan fingerprint density at radius 1 is 1.47 bits per heavy atom. The molecule has 88 valence electrons. The highest BCUT2D eigenvalue weighted by atomic mass is 79.9. The second kappa shape index (κ2) is 3.67. The summed E-state index contributed by atoms with van der Waals surface area (Å²) in [5, 5.41) is 2.91. The van der Waals surface area contributed by atoms with Gasteiger partial charge in [-0.1, -0.05) is 15.9 Å². The molecule has 3 nitrogen and oxygen atoms in total. The van der Waals surface area contributed by atoms with Gasteiger partial charge in [-0.3, -0.25) is 9.59 Å². The third-order valence-corrected chi connectivity index (χ3v) is 4.36. The van der Waals surface area contributed by atoms with Crippen LogP contribution in [-0.2, 0) is 9.59 Å². The highest BCUT2D eigenvalue weighted by molar-refractivity contribution is 9.10. The van der Waals surface area contributed by atoms with E-state index in [-0.39, 0.29) is 29.4 Å². The first-order valence-corrected chi connectivity index (χ1v) is 6.48. The van der Waals surface area contributed by atoms with Gasteiger partial charge in [0.05, 0.1) is 0 Å². The van der Waals surface area contributed by atoms with Gasteiger partial charge in [0.25, 0.3) is 0 Å². The molecule has 4 heteroatoms. The van der Waals surface area contributed by atoms with Crippen LogP contribution in [0.15, 0.2) is 22.7 Å². The molecule has 17 heavy (non-hydrogen) atoms. The maximum absolute atomic E-state index is 11.8. The lowest BCUT2D eigenvalue weighted by Gasteiger charge is -2.46. The molecular formula is C13H12BrNO2. The van der Waals surface area contributed by atoms with Gasteiger partial charge in [-0.2, -0.15) is 0 Å². The quantitative estimate of drug-likeness (QED) is 0.865. The summed E-state index contributed by atoms with van der Waals surface area (Å²) in [4.78, 5) is 23.4. The van der Waals surface area contributed by atoms with Gasteiger partial charge < -0.3 is 5.32 Å². The third kappa shape index (κ3) is 1.54. The Bertz CT molecular complexity index is 526.